The molecule has 1 aromatic rings. The van der Waals surface area contributed by atoms with Gasteiger partial charge in [-0.2, -0.15) is 8.42 Å². The summed E-state index contributed by atoms with van der Waals surface area (Å²) in [6.07, 6.45) is 13.5. The van der Waals surface area contributed by atoms with E-state index in [4.69, 9.17) is 4.55 Å². The molecule has 2 N–H and O–H groups in total. The predicted octanol–water partition coefficient (Wildman–Crippen LogP) is 4.57. The third kappa shape index (κ3) is 18.5. The molecule has 1 radical (unpaired) electrons. The zero-order valence-corrected chi connectivity index (χ0v) is 24.0. The zero-order valence-electron chi connectivity index (χ0n) is 20.0. The van der Waals surface area contributed by atoms with E-state index >= 15 is 0 Å². The molecule has 0 aromatic heterocycles. The molecule has 10 heteroatoms. The zero-order chi connectivity index (χ0) is 23.7. The maximum atomic E-state index is 11.7. The van der Waals surface area contributed by atoms with Crippen molar-refractivity contribution < 1.29 is 32.0 Å². The fourth-order valence-electron chi connectivity index (χ4n) is 3.26. The van der Waals surface area contributed by atoms with Crippen molar-refractivity contribution in [1.29, 1.82) is 0 Å². The Morgan fingerprint density at radius 1 is 0.848 bits per heavy atom. The van der Waals surface area contributed by atoms with Gasteiger partial charge in [0.25, 0.3) is 0 Å². The van der Waals surface area contributed by atoms with Crippen molar-refractivity contribution in [2.75, 3.05) is 24.9 Å². The summed E-state index contributed by atoms with van der Waals surface area (Å²) in [5.74, 6) is -1.96. The molecule has 0 aliphatic rings. The van der Waals surface area contributed by atoms with Crippen LogP contribution >= 0.6 is 0 Å². The molecule has 0 amide bonds. The van der Waals surface area contributed by atoms with Gasteiger partial charge in [0.2, 0.25) is 5.94 Å². The molecule has 8 nitrogen and oxygen atoms in total. The van der Waals surface area contributed by atoms with Crippen molar-refractivity contribution in [3.63, 3.8) is 0 Å². The third-order valence-electron chi connectivity index (χ3n) is 5.07. The van der Waals surface area contributed by atoms with Crippen LogP contribution in [0.1, 0.15) is 87.4 Å². The van der Waals surface area contributed by atoms with Crippen LogP contribution in [0.3, 0.4) is 0 Å². The summed E-state index contributed by atoms with van der Waals surface area (Å²) >= 11 is 0. The summed E-state index contributed by atoms with van der Waals surface area (Å²) in [6.45, 7) is 0.845. The van der Waals surface area contributed by atoms with Gasteiger partial charge >= 0.3 is 22.1 Å². The van der Waals surface area contributed by atoms with Crippen molar-refractivity contribution >= 4 is 79.1 Å². The van der Waals surface area contributed by atoms with Crippen molar-refractivity contribution in [3.8, 4) is 0 Å². The normalized spacial score (nSPS) is 10.8. The molecule has 183 valence electrons. The van der Waals surface area contributed by atoms with Gasteiger partial charge in [-0.3, -0.25) is 9.35 Å². The van der Waals surface area contributed by atoms with Crippen LogP contribution in [-0.4, -0.2) is 95.9 Å². The summed E-state index contributed by atoms with van der Waals surface area (Å²) < 4.78 is 39.0. The number of benzene rings is 1. The molecule has 0 fully saturated rings. The van der Waals surface area contributed by atoms with Crippen molar-refractivity contribution in [1.82, 2.24) is 0 Å². The largest absolute Gasteiger partial charge is 0.469 e. The maximum absolute atomic E-state index is 11.7. The molecule has 33 heavy (non-hydrogen) atoms. The minimum atomic E-state index is -4.34. The van der Waals surface area contributed by atoms with Gasteiger partial charge in [0, 0.05) is 70.0 Å². The van der Waals surface area contributed by atoms with Gasteiger partial charge in [0.05, 0.1) is 12.7 Å². The van der Waals surface area contributed by atoms with Gasteiger partial charge in [0.15, 0.2) is 0 Å². The average Bonchev–Trinajstić information content (AvgIpc) is 2.77. The summed E-state index contributed by atoms with van der Waals surface area (Å²) in [4.78, 5) is 22.7. The number of rotatable bonds is 18. The average molecular weight is 511 g/mol. The Bertz CT molecular complexity index is 770. The van der Waals surface area contributed by atoms with E-state index in [1.54, 1.807) is 24.3 Å². The summed E-state index contributed by atoms with van der Waals surface area (Å²) in [6, 6.07) is 6.57. The number of methoxy groups -OCH3 is 1. The van der Waals surface area contributed by atoms with E-state index in [2.05, 4.69) is 14.8 Å². The van der Waals surface area contributed by atoms with E-state index in [1.165, 1.54) is 58.5 Å². The first kappa shape index (κ1) is 32.5. The van der Waals surface area contributed by atoms with Crippen LogP contribution in [0, 0.1) is 0 Å². The van der Waals surface area contributed by atoms with Crippen molar-refractivity contribution in [2.45, 2.75) is 77.0 Å². The number of unbranched alkanes of at least 4 members (excludes halogenated alkanes) is 10. The Morgan fingerprint density at radius 3 is 1.82 bits per heavy atom. The van der Waals surface area contributed by atoms with Crippen LogP contribution in [0.5, 0.6) is 0 Å². The Hall–Kier alpha value is -0.494. The molecule has 0 aliphatic heterocycles. The summed E-state index contributed by atoms with van der Waals surface area (Å²) in [5, 5.41) is 3.30. The standard InChI is InChI=1S/C23H37NO7S.K/c1-30-22(25)13-11-9-7-5-3-2-4-6-8-10-12-18-24-21-16-14-20(15-17-21)23(26)31-19-32(27,28)29;/h14-17,24H,2-13,18-19H2,1H3,(H,27,28,29);. The van der Waals surface area contributed by atoms with Crippen LogP contribution in [0.25, 0.3) is 0 Å². The molecule has 0 heterocycles. The first-order chi connectivity index (χ1) is 15.3. The molecule has 0 saturated heterocycles. The Kier molecular flexibility index (Phi) is 19.5. The van der Waals surface area contributed by atoms with Gasteiger partial charge < -0.3 is 14.8 Å². The molecule has 0 atom stereocenters. The molecule has 0 saturated carbocycles. The number of hydrogen-bond donors (Lipinski definition) is 2. The number of carbonyl (C=O) groups excluding carboxylic acids is 2. The third-order valence-corrected chi connectivity index (χ3v) is 5.49. The number of ether oxygens (including phenoxy) is 2. The van der Waals surface area contributed by atoms with Crippen molar-refractivity contribution in [3.05, 3.63) is 29.8 Å². The fourth-order valence-corrected chi connectivity index (χ4v) is 3.51. The smallest absolute Gasteiger partial charge is 0.339 e. The number of hydrogen-bond acceptors (Lipinski definition) is 7. The molecule has 0 aliphatic carbocycles. The van der Waals surface area contributed by atoms with Gasteiger partial charge in [-0.1, -0.05) is 57.8 Å². The molecule has 1 rings (SSSR count). The molecular weight excluding hydrogens is 473 g/mol. The minimum Gasteiger partial charge on any atom is -0.469 e. The van der Waals surface area contributed by atoms with E-state index in [-0.39, 0.29) is 62.9 Å². The molecule has 0 unspecified atom stereocenters. The first-order valence-electron chi connectivity index (χ1n) is 11.3. The topological polar surface area (TPSA) is 119 Å². The monoisotopic (exact) mass is 510 g/mol. The second-order valence-corrected chi connectivity index (χ2v) is 9.25. The van der Waals surface area contributed by atoms with Gasteiger partial charge in [0.1, 0.15) is 0 Å². The molecule has 0 bridgehead atoms. The number of nitrogens with one attached hydrogen (secondary N) is 1. The predicted molar refractivity (Wildman–Crippen MR) is 130 cm³/mol. The molecule has 0 spiro atoms. The van der Waals surface area contributed by atoms with E-state index in [1.807, 2.05) is 0 Å². The second kappa shape index (κ2) is 19.8. The van der Waals surface area contributed by atoms with Gasteiger partial charge in [-0.05, 0) is 37.1 Å². The van der Waals surface area contributed by atoms with Crippen LogP contribution in [0.15, 0.2) is 24.3 Å². The first-order valence-corrected chi connectivity index (χ1v) is 13.0. The van der Waals surface area contributed by atoms with E-state index in [0.717, 1.165) is 31.5 Å². The minimum absolute atomic E-state index is 0. The van der Waals surface area contributed by atoms with Gasteiger partial charge in [-0.25, -0.2) is 4.79 Å². The quantitative estimate of drug-likeness (QED) is 0.128. The van der Waals surface area contributed by atoms with E-state index < -0.39 is 22.0 Å². The van der Waals surface area contributed by atoms with Crippen LogP contribution in [-0.2, 0) is 24.4 Å². The van der Waals surface area contributed by atoms with Crippen LogP contribution < -0.4 is 5.32 Å². The van der Waals surface area contributed by atoms with Crippen LogP contribution in [0.4, 0.5) is 5.69 Å². The number of esters is 2. The van der Waals surface area contributed by atoms with Crippen LogP contribution in [0.2, 0.25) is 0 Å². The SMILES string of the molecule is COC(=O)CCCCCCCCCCCCCNc1ccc(C(=O)OCS(=O)(=O)O)cc1.[K]. The van der Waals surface area contributed by atoms with E-state index in [9.17, 15) is 18.0 Å². The summed E-state index contributed by atoms with van der Waals surface area (Å²) in [5.41, 5.74) is 1.10. The van der Waals surface area contributed by atoms with Crippen molar-refractivity contribution in [2.24, 2.45) is 0 Å². The van der Waals surface area contributed by atoms with E-state index in [0.29, 0.717) is 6.42 Å². The number of carbonyl (C=O) groups is 2. The summed E-state index contributed by atoms with van der Waals surface area (Å²) in [7, 11) is -2.91. The maximum Gasteiger partial charge on any atom is 0.339 e. The second-order valence-electron chi connectivity index (χ2n) is 7.85. The molecular formula is C23H37KNO7S. The Balaban J connectivity index is 0.0000102. The number of anilines is 1. The Morgan fingerprint density at radius 2 is 1.33 bits per heavy atom. The molecule has 1 aromatic carbocycles. The fraction of sp³-hybridized carbons (Fsp3) is 0.652. The Labute approximate surface area is 240 Å². The van der Waals surface area contributed by atoms with Gasteiger partial charge in [-0.15, -0.1) is 0 Å².